The maximum Gasteiger partial charge on any atom is 0.451 e. The number of halogens is 4. The number of hydrogen-bond acceptors (Lipinski definition) is 7. The van der Waals surface area contributed by atoms with Crippen molar-refractivity contribution in [2.75, 3.05) is 42.6 Å². The lowest BCUT2D eigenvalue weighted by atomic mass is 10.2. The van der Waals surface area contributed by atoms with Gasteiger partial charge in [-0.25, -0.2) is 9.97 Å². The molecule has 0 radical (unpaired) electrons. The maximum atomic E-state index is 13.1. The first-order chi connectivity index (χ1) is 18.7. The van der Waals surface area contributed by atoms with Crippen molar-refractivity contribution >= 4 is 49.5 Å². The van der Waals surface area contributed by atoms with Gasteiger partial charge in [0.25, 0.3) is 5.56 Å². The summed E-state index contributed by atoms with van der Waals surface area (Å²) in [6.07, 6.45) is -1.06. The summed E-state index contributed by atoms with van der Waals surface area (Å²) in [5.41, 5.74) is 1.73. The fourth-order valence-corrected chi connectivity index (χ4v) is 4.92. The number of fused-ring (bicyclic) bond motifs is 3. The Hall–Kier alpha value is -3.12. The first kappa shape index (κ1) is 28.9. The van der Waals surface area contributed by atoms with E-state index < -0.39 is 12.0 Å². The van der Waals surface area contributed by atoms with Crippen LogP contribution in [0, 0.1) is 0 Å². The second kappa shape index (κ2) is 12.4. The molecule has 1 aromatic carbocycles. The standard InChI is InChI=1S/C15H12F3N3O.C10H13BrN2O2.C2H6/c16-15(17,18)14-19-11-9-5-1-2-6-10(9)22-12(11)13(20-14)21-7-3-4-8-21;1-7-6-15-3-2-13(7)9-4-8(11)5-12-10(9)14;1-2/h1-2,5-6H,3-4,7-8H2;4-5,7H,2-3,6H2,1H3,(H,12,14);1-2H3. The smallest absolute Gasteiger partial charge is 0.450 e. The third-order valence-corrected chi connectivity index (χ3v) is 6.84. The number of nitrogens with one attached hydrogen (secondary N) is 1. The van der Waals surface area contributed by atoms with Crippen molar-refractivity contribution < 1.29 is 22.3 Å². The minimum absolute atomic E-state index is 0.0491. The molecule has 1 N–H and O–H groups in total. The monoisotopic (exact) mass is 609 g/mol. The second-order valence-corrected chi connectivity index (χ2v) is 9.90. The molecule has 0 spiro atoms. The fraction of sp³-hybridized carbons (Fsp3) is 0.444. The SMILES string of the molecule is CC.CC1COCCN1c1cc(Br)c[nH]c1=O.FC(F)(F)c1nc(N2CCCC2)c2oc3ccccc3c2n1. The van der Waals surface area contributed by atoms with E-state index in [1.165, 1.54) is 0 Å². The minimum atomic E-state index is -4.58. The Labute approximate surface area is 232 Å². The average molecular weight is 610 g/mol. The molecule has 6 rings (SSSR count). The van der Waals surface area contributed by atoms with E-state index in [1.54, 1.807) is 30.5 Å². The number of hydrogen-bond donors (Lipinski definition) is 1. The van der Waals surface area contributed by atoms with Gasteiger partial charge >= 0.3 is 6.18 Å². The van der Waals surface area contributed by atoms with Gasteiger partial charge in [0.1, 0.15) is 16.8 Å². The highest BCUT2D eigenvalue weighted by molar-refractivity contribution is 9.10. The molecule has 1 atom stereocenters. The van der Waals surface area contributed by atoms with E-state index in [-0.39, 0.29) is 22.9 Å². The van der Waals surface area contributed by atoms with Gasteiger partial charge in [-0.1, -0.05) is 26.0 Å². The first-order valence-corrected chi connectivity index (χ1v) is 13.8. The van der Waals surface area contributed by atoms with Crippen molar-refractivity contribution in [3.8, 4) is 0 Å². The van der Waals surface area contributed by atoms with Crippen LogP contribution < -0.4 is 15.4 Å². The first-order valence-electron chi connectivity index (χ1n) is 13.0. The van der Waals surface area contributed by atoms with Crippen LogP contribution in [0.1, 0.15) is 39.4 Å². The summed E-state index contributed by atoms with van der Waals surface area (Å²) in [6.45, 7) is 9.53. The van der Waals surface area contributed by atoms with E-state index in [1.807, 2.05) is 24.8 Å². The average Bonchev–Trinajstić information content (AvgIpc) is 3.59. The Morgan fingerprint density at radius 2 is 1.82 bits per heavy atom. The number of H-pyrrole nitrogens is 1. The lowest BCUT2D eigenvalue weighted by Crippen LogP contribution is -2.45. The van der Waals surface area contributed by atoms with Crippen molar-refractivity contribution in [3.63, 3.8) is 0 Å². The van der Waals surface area contributed by atoms with Crippen LogP contribution in [0.2, 0.25) is 0 Å². The molecule has 0 amide bonds. The summed E-state index contributed by atoms with van der Waals surface area (Å²) in [6, 6.07) is 9.05. The van der Waals surface area contributed by atoms with Gasteiger partial charge in [-0.15, -0.1) is 0 Å². The Morgan fingerprint density at radius 3 is 2.51 bits per heavy atom. The molecule has 5 heterocycles. The van der Waals surface area contributed by atoms with Gasteiger partial charge in [0.2, 0.25) is 5.82 Å². The zero-order chi connectivity index (χ0) is 28.2. The van der Waals surface area contributed by atoms with Crippen LogP contribution in [-0.2, 0) is 10.9 Å². The topological polar surface area (TPSA) is 87.5 Å². The van der Waals surface area contributed by atoms with Gasteiger partial charge in [0.05, 0.1) is 13.2 Å². The van der Waals surface area contributed by atoms with Crippen LogP contribution >= 0.6 is 15.9 Å². The van der Waals surface area contributed by atoms with E-state index in [0.717, 1.165) is 23.9 Å². The third-order valence-electron chi connectivity index (χ3n) is 6.39. The predicted octanol–water partition coefficient (Wildman–Crippen LogP) is 6.38. The van der Waals surface area contributed by atoms with Gasteiger partial charge in [-0.2, -0.15) is 13.2 Å². The van der Waals surface area contributed by atoms with Crippen molar-refractivity contribution in [2.45, 2.75) is 45.8 Å². The number of morpholine rings is 1. The number of anilines is 2. The summed E-state index contributed by atoms with van der Waals surface area (Å²) in [5.74, 6) is -0.875. The molecule has 39 heavy (non-hydrogen) atoms. The van der Waals surface area contributed by atoms with Crippen LogP contribution in [0.25, 0.3) is 22.1 Å². The van der Waals surface area contributed by atoms with Gasteiger partial charge in [0, 0.05) is 41.7 Å². The van der Waals surface area contributed by atoms with Crippen molar-refractivity contribution in [1.29, 1.82) is 0 Å². The maximum absolute atomic E-state index is 13.1. The second-order valence-electron chi connectivity index (χ2n) is 8.99. The Kier molecular flexibility index (Phi) is 9.16. The lowest BCUT2D eigenvalue weighted by Gasteiger charge is -2.34. The van der Waals surface area contributed by atoms with Gasteiger partial charge in [-0.3, -0.25) is 4.79 Å². The number of furan rings is 1. The summed E-state index contributed by atoms with van der Waals surface area (Å²) in [5, 5.41) is 0.575. The summed E-state index contributed by atoms with van der Waals surface area (Å²) in [4.78, 5) is 25.7. The van der Waals surface area contributed by atoms with E-state index in [2.05, 4.69) is 42.7 Å². The normalized spacial score (nSPS) is 17.6. The van der Waals surface area contributed by atoms with Crippen molar-refractivity contribution in [3.05, 3.63) is 57.2 Å². The number of para-hydroxylation sites is 1. The number of nitrogens with zero attached hydrogens (tertiary/aromatic N) is 4. The van der Waals surface area contributed by atoms with Crippen LogP contribution in [0.4, 0.5) is 24.7 Å². The quantitative estimate of drug-likeness (QED) is 0.282. The number of alkyl halides is 3. The van der Waals surface area contributed by atoms with Gasteiger partial charge in [0.15, 0.2) is 11.4 Å². The molecule has 0 bridgehead atoms. The molecule has 0 aliphatic carbocycles. The molecule has 8 nitrogen and oxygen atoms in total. The predicted molar refractivity (Wildman–Crippen MR) is 149 cm³/mol. The van der Waals surface area contributed by atoms with E-state index >= 15 is 0 Å². The molecule has 2 saturated heterocycles. The zero-order valence-corrected chi connectivity index (χ0v) is 23.6. The largest absolute Gasteiger partial charge is 0.451 e. The zero-order valence-electron chi connectivity index (χ0n) is 22.0. The minimum Gasteiger partial charge on any atom is -0.450 e. The molecule has 12 heteroatoms. The van der Waals surface area contributed by atoms with Gasteiger partial charge < -0.3 is 23.9 Å². The molecule has 2 aliphatic heterocycles. The molecule has 0 saturated carbocycles. The Bertz CT molecular complexity index is 1470. The third kappa shape index (κ3) is 6.38. The molecular weight excluding hydrogens is 579 g/mol. The molecule has 4 aromatic rings. The molecule has 2 aliphatic rings. The fourth-order valence-electron chi connectivity index (χ4n) is 4.59. The highest BCUT2D eigenvalue weighted by atomic mass is 79.9. The van der Waals surface area contributed by atoms with Crippen LogP contribution in [0.15, 0.2) is 50.2 Å². The van der Waals surface area contributed by atoms with E-state index in [0.29, 0.717) is 48.5 Å². The van der Waals surface area contributed by atoms with E-state index in [4.69, 9.17) is 9.15 Å². The molecular formula is C27H31BrF3N5O3. The van der Waals surface area contributed by atoms with Crippen LogP contribution in [0.5, 0.6) is 0 Å². The Morgan fingerprint density at radius 1 is 1.10 bits per heavy atom. The van der Waals surface area contributed by atoms with Crippen LogP contribution in [0.3, 0.4) is 0 Å². The van der Waals surface area contributed by atoms with E-state index in [9.17, 15) is 18.0 Å². The lowest BCUT2D eigenvalue weighted by molar-refractivity contribution is -0.144. The molecule has 1 unspecified atom stereocenters. The van der Waals surface area contributed by atoms with Crippen LogP contribution in [-0.4, -0.2) is 53.8 Å². The number of rotatable bonds is 2. The highest BCUT2D eigenvalue weighted by Gasteiger charge is 2.37. The highest BCUT2D eigenvalue weighted by Crippen LogP contribution is 2.37. The van der Waals surface area contributed by atoms with Gasteiger partial charge in [-0.05, 0) is 53.9 Å². The number of benzene rings is 1. The molecule has 3 aromatic heterocycles. The summed E-state index contributed by atoms with van der Waals surface area (Å²) >= 11 is 3.35. The summed E-state index contributed by atoms with van der Waals surface area (Å²) in [7, 11) is 0. The number of ether oxygens (including phenoxy) is 1. The number of aromatic amines is 1. The van der Waals surface area contributed by atoms with Crippen molar-refractivity contribution in [2.24, 2.45) is 0 Å². The molecule has 210 valence electrons. The Balaban J connectivity index is 0.000000182. The number of aromatic nitrogens is 3. The molecule has 2 fully saturated rings. The number of pyridine rings is 1. The van der Waals surface area contributed by atoms with Crippen molar-refractivity contribution in [1.82, 2.24) is 15.0 Å². The summed E-state index contributed by atoms with van der Waals surface area (Å²) < 4.78 is 51.3.